The average Bonchev–Trinajstić information content (AvgIpc) is 3.11. The van der Waals surface area contributed by atoms with E-state index < -0.39 is 12.1 Å². The van der Waals surface area contributed by atoms with E-state index in [-0.39, 0.29) is 24.2 Å². The molecule has 3 aliphatic heterocycles. The number of halogens is 2. The lowest BCUT2D eigenvalue weighted by molar-refractivity contribution is 0.0644. The summed E-state index contributed by atoms with van der Waals surface area (Å²) < 4.78 is 19.1. The fraction of sp³-hybridized carbons (Fsp3) is 0.609. The molecule has 5 heterocycles. The van der Waals surface area contributed by atoms with Crippen LogP contribution in [0.4, 0.5) is 21.8 Å². The van der Waals surface area contributed by atoms with E-state index in [1.165, 1.54) is 11.8 Å². The lowest BCUT2D eigenvalue weighted by atomic mass is 9.73. The smallest absolute Gasteiger partial charge is 0.158 e. The number of ether oxygens (including phenoxy) is 1. The minimum atomic E-state index is -0.734. The van der Waals surface area contributed by atoms with Gasteiger partial charge >= 0.3 is 0 Å². The van der Waals surface area contributed by atoms with E-state index in [2.05, 4.69) is 19.9 Å². The minimum absolute atomic E-state index is 0.0397. The molecule has 3 aliphatic rings. The van der Waals surface area contributed by atoms with Crippen LogP contribution in [0.2, 0.25) is 5.02 Å². The molecule has 2 atom stereocenters. The van der Waals surface area contributed by atoms with Crippen LogP contribution in [-0.2, 0) is 4.74 Å². The first-order valence-corrected chi connectivity index (χ1v) is 13.0. The predicted molar refractivity (Wildman–Crippen MR) is 135 cm³/mol. The van der Waals surface area contributed by atoms with Crippen molar-refractivity contribution in [2.24, 2.45) is 16.6 Å². The Balaban J connectivity index is 1.26. The number of nitrogens with zero attached hydrogens (tertiary/aromatic N) is 5. The molecule has 5 N–H and O–H groups in total. The fourth-order valence-corrected chi connectivity index (χ4v) is 6.35. The van der Waals surface area contributed by atoms with Gasteiger partial charge in [-0.2, -0.15) is 0 Å². The van der Waals surface area contributed by atoms with Crippen molar-refractivity contribution in [1.29, 1.82) is 0 Å². The van der Waals surface area contributed by atoms with Gasteiger partial charge in [0, 0.05) is 48.7 Å². The zero-order valence-electron chi connectivity index (χ0n) is 19.7. The molecule has 0 radical (unpaired) electrons. The number of aliphatic hydroxyl groups excluding tert-OH is 1. The molecule has 0 amide bonds. The highest BCUT2D eigenvalue weighted by Crippen LogP contribution is 2.44. The lowest BCUT2D eigenvalue weighted by Crippen LogP contribution is -2.60. The van der Waals surface area contributed by atoms with Gasteiger partial charge in [0.1, 0.15) is 23.3 Å². The summed E-state index contributed by atoms with van der Waals surface area (Å²) >= 11 is 7.95. The molecule has 35 heavy (non-hydrogen) atoms. The Morgan fingerprint density at radius 3 is 2.63 bits per heavy atom. The number of piperidine rings is 1. The molecule has 3 saturated heterocycles. The standard InChI is InChI=1S/C23H31ClFN7O2S/c1-14-18(26)23(13-34-14)3-6-31(7-4-23)16-8-29-21(19(27)30-16)35-15-2-5-28-20(17(15)24)32-10-22(9-25,11-32)12-33/h2,5,8,14,18,33H,3-4,6-7,9-13,26H2,1H3,(H2,27,30)/t14-,18+/m0/s1. The number of anilines is 3. The molecule has 0 bridgehead atoms. The fourth-order valence-electron chi connectivity index (χ4n) is 5.23. The van der Waals surface area contributed by atoms with Crippen molar-refractivity contribution in [2.45, 2.75) is 41.8 Å². The second kappa shape index (κ2) is 9.51. The van der Waals surface area contributed by atoms with Crippen molar-refractivity contribution in [1.82, 2.24) is 15.0 Å². The van der Waals surface area contributed by atoms with E-state index in [1.54, 1.807) is 18.5 Å². The molecule has 2 aromatic rings. The number of pyridine rings is 1. The van der Waals surface area contributed by atoms with Gasteiger partial charge in [0.25, 0.3) is 0 Å². The first kappa shape index (κ1) is 24.8. The first-order chi connectivity index (χ1) is 16.8. The largest absolute Gasteiger partial charge is 0.396 e. The van der Waals surface area contributed by atoms with E-state index in [0.29, 0.717) is 41.4 Å². The number of aromatic nitrogens is 3. The van der Waals surface area contributed by atoms with Gasteiger partial charge in [0.2, 0.25) is 0 Å². The summed E-state index contributed by atoms with van der Waals surface area (Å²) in [5.41, 5.74) is 12.0. The molecule has 1 spiro atoms. The number of nitrogens with two attached hydrogens (primary N) is 2. The quantitative estimate of drug-likeness (QED) is 0.519. The van der Waals surface area contributed by atoms with E-state index in [9.17, 15) is 9.50 Å². The van der Waals surface area contributed by atoms with Crippen LogP contribution in [0.5, 0.6) is 0 Å². The molecule has 3 fully saturated rings. The molecule has 0 saturated carbocycles. The van der Waals surface area contributed by atoms with Gasteiger partial charge in [-0.1, -0.05) is 23.4 Å². The van der Waals surface area contributed by atoms with Crippen molar-refractivity contribution in [3.63, 3.8) is 0 Å². The molecule has 190 valence electrons. The van der Waals surface area contributed by atoms with Crippen LogP contribution in [0.3, 0.4) is 0 Å². The van der Waals surface area contributed by atoms with Crippen LogP contribution >= 0.6 is 23.4 Å². The van der Waals surface area contributed by atoms with E-state index in [1.807, 2.05) is 11.8 Å². The third-order valence-electron chi connectivity index (χ3n) is 7.69. The van der Waals surface area contributed by atoms with Crippen molar-refractivity contribution in [3.05, 3.63) is 23.5 Å². The Kier molecular flexibility index (Phi) is 6.73. The molecule has 5 rings (SSSR count). The second-order valence-corrected chi connectivity index (χ2v) is 11.4. The van der Waals surface area contributed by atoms with E-state index >= 15 is 0 Å². The zero-order chi connectivity index (χ0) is 24.8. The topological polar surface area (TPSA) is 127 Å². The Bertz CT molecular complexity index is 1080. The van der Waals surface area contributed by atoms with Crippen LogP contribution < -0.4 is 21.3 Å². The normalized spacial score (nSPS) is 25.2. The number of nitrogen functional groups attached to an aromatic ring is 1. The van der Waals surface area contributed by atoms with Gasteiger partial charge in [-0.25, -0.2) is 15.0 Å². The summed E-state index contributed by atoms with van der Waals surface area (Å²) in [6.45, 7) is 4.36. The third-order valence-corrected chi connectivity index (χ3v) is 9.25. The number of aliphatic hydroxyl groups is 1. The van der Waals surface area contributed by atoms with Gasteiger partial charge in [-0.15, -0.1) is 0 Å². The highest BCUT2D eigenvalue weighted by molar-refractivity contribution is 7.99. The SMILES string of the molecule is C[C@@H]1OCC2(CCN(c3cnc(Sc4ccnc(N5CC(CO)(CF)C5)c4Cl)c(N)n3)CC2)[C@@H]1N. The van der Waals surface area contributed by atoms with Crippen LogP contribution in [0.1, 0.15) is 19.8 Å². The van der Waals surface area contributed by atoms with Crippen molar-refractivity contribution in [3.8, 4) is 0 Å². The van der Waals surface area contributed by atoms with Crippen LogP contribution in [0.25, 0.3) is 0 Å². The highest BCUT2D eigenvalue weighted by Gasteiger charge is 2.48. The van der Waals surface area contributed by atoms with Crippen molar-refractivity contribution in [2.75, 3.05) is 61.6 Å². The highest BCUT2D eigenvalue weighted by atomic mass is 35.5. The maximum Gasteiger partial charge on any atom is 0.158 e. The van der Waals surface area contributed by atoms with Gasteiger partial charge in [-0.05, 0) is 25.8 Å². The van der Waals surface area contributed by atoms with Crippen LogP contribution in [-0.4, -0.2) is 78.3 Å². The molecule has 0 unspecified atom stereocenters. The van der Waals surface area contributed by atoms with Crippen molar-refractivity contribution >= 4 is 40.8 Å². The Morgan fingerprint density at radius 1 is 1.29 bits per heavy atom. The van der Waals surface area contributed by atoms with Crippen molar-refractivity contribution < 1.29 is 14.2 Å². The number of hydrogen-bond donors (Lipinski definition) is 3. The summed E-state index contributed by atoms with van der Waals surface area (Å²) in [6.07, 6.45) is 5.38. The monoisotopic (exact) mass is 523 g/mol. The lowest BCUT2D eigenvalue weighted by Gasteiger charge is -2.48. The predicted octanol–water partition coefficient (Wildman–Crippen LogP) is 2.36. The number of hydrogen-bond acceptors (Lipinski definition) is 10. The maximum absolute atomic E-state index is 13.3. The summed E-state index contributed by atoms with van der Waals surface area (Å²) in [4.78, 5) is 18.3. The summed E-state index contributed by atoms with van der Waals surface area (Å²) in [7, 11) is 0. The van der Waals surface area contributed by atoms with E-state index in [4.69, 9.17) is 27.8 Å². The molecular weight excluding hydrogens is 493 g/mol. The Labute approximate surface area is 213 Å². The zero-order valence-corrected chi connectivity index (χ0v) is 21.2. The van der Waals surface area contributed by atoms with E-state index in [0.717, 1.165) is 36.6 Å². The molecule has 9 nitrogen and oxygen atoms in total. The molecular formula is C23H31ClFN7O2S. The second-order valence-electron chi connectivity index (χ2n) is 10.0. The van der Waals surface area contributed by atoms with Gasteiger partial charge in [-0.3, -0.25) is 4.39 Å². The first-order valence-electron chi connectivity index (χ1n) is 11.8. The molecule has 0 aliphatic carbocycles. The molecule has 2 aromatic heterocycles. The third kappa shape index (κ3) is 4.42. The Morgan fingerprint density at radius 2 is 2.03 bits per heavy atom. The van der Waals surface area contributed by atoms with Gasteiger partial charge in [0.05, 0.1) is 36.0 Å². The molecule has 12 heteroatoms. The van der Waals surface area contributed by atoms with Gasteiger partial charge in [0.15, 0.2) is 5.82 Å². The minimum Gasteiger partial charge on any atom is -0.396 e. The average molecular weight is 524 g/mol. The Hall–Kier alpha value is -1.92. The summed E-state index contributed by atoms with van der Waals surface area (Å²) in [5.74, 6) is 1.64. The summed E-state index contributed by atoms with van der Waals surface area (Å²) in [6, 6.07) is 1.85. The number of rotatable bonds is 6. The van der Waals surface area contributed by atoms with Gasteiger partial charge < -0.3 is 31.1 Å². The van der Waals surface area contributed by atoms with Crippen LogP contribution in [0.15, 0.2) is 28.4 Å². The number of alkyl halides is 1. The maximum atomic E-state index is 13.3. The van der Waals surface area contributed by atoms with Crippen LogP contribution in [0, 0.1) is 10.8 Å². The summed E-state index contributed by atoms with van der Waals surface area (Å²) in [5, 5.41) is 10.5. The molecule has 0 aromatic carbocycles.